The van der Waals surface area contributed by atoms with Crippen LogP contribution in [0, 0.1) is 0 Å². The maximum Gasteiger partial charge on any atom is 0.288 e. The quantitative estimate of drug-likeness (QED) is 0.750. The lowest BCUT2D eigenvalue weighted by molar-refractivity contribution is -0.130. The third-order valence-electron chi connectivity index (χ3n) is 6.97. The van der Waals surface area contributed by atoms with Crippen LogP contribution in [-0.2, 0) is 15.6 Å². The molecule has 3 aliphatic carbocycles. The Kier molecular flexibility index (Phi) is 3.46. The summed E-state index contributed by atoms with van der Waals surface area (Å²) in [6.07, 6.45) is 1.18. The molecule has 2 atom stereocenters. The van der Waals surface area contributed by atoms with Gasteiger partial charge >= 0.3 is 0 Å². The molecule has 138 valence electrons. The van der Waals surface area contributed by atoms with Gasteiger partial charge in [-0.1, -0.05) is 74.1 Å². The van der Waals surface area contributed by atoms with Crippen molar-refractivity contribution in [1.29, 1.82) is 0 Å². The van der Waals surface area contributed by atoms with Crippen molar-refractivity contribution >= 4 is 22.9 Å². The molecule has 0 spiro atoms. The van der Waals surface area contributed by atoms with Gasteiger partial charge in [-0.15, -0.1) is 0 Å². The van der Waals surface area contributed by atoms with Gasteiger partial charge in [0, 0.05) is 22.5 Å². The molecule has 4 heteroatoms. The van der Waals surface area contributed by atoms with Gasteiger partial charge in [0.25, 0.3) is 5.24 Å². The first kappa shape index (κ1) is 17.1. The summed E-state index contributed by atoms with van der Waals surface area (Å²) in [5.74, 6) is -0.0326. The Morgan fingerprint density at radius 3 is 1.93 bits per heavy atom. The number of hydrogen-bond acceptors (Lipinski definition) is 3. The molecule has 2 aromatic rings. The van der Waals surface area contributed by atoms with E-state index in [4.69, 9.17) is 0 Å². The molecule has 1 heterocycles. The Labute approximate surface area is 164 Å². The number of amides is 2. The van der Waals surface area contributed by atoms with Crippen LogP contribution in [-0.4, -0.2) is 27.3 Å². The molecule has 2 aromatic carbocycles. The van der Waals surface area contributed by atoms with Gasteiger partial charge in [-0.3, -0.25) is 14.5 Å². The van der Waals surface area contributed by atoms with Crippen molar-refractivity contribution in [3.05, 3.63) is 70.8 Å². The van der Waals surface area contributed by atoms with Crippen molar-refractivity contribution < 1.29 is 9.59 Å². The fraction of sp³-hybridized carbons (Fsp3) is 0.391. The Morgan fingerprint density at radius 1 is 0.963 bits per heavy atom. The minimum Gasteiger partial charge on any atom is -0.274 e. The van der Waals surface area contributed by atoms with Crippen LogP contribution < -0.4 is 0 Å². The first-order chi connectivity index (χ1) is 13.0. The van der Waals surface area contributed by atoms with Crippen LogP contribution >= 0.6 is 11.8 Å². The lowest BCUT2D eigenvalue weighted by Crippen LogP contribution is -2.65. The molecule has 0 aromatic heterocycles. The summed E-state index contributed by atoms with van der Waals surface area (Å²) in [6.45, 7) is 6.48. The highest BCUT2D eigenvalue weighted by Gasteiger charge is 2.68. The van der Waals surface area contributed by atoms with E-state index in [0.29, 0.717) is 6.42 Å². The van der Waals surface area contributed by atoms with Gasteiger partial charge in [-0.2, -0.15) is 0 Å². The van der Waals surface area contributed by atoms with E-state index in [1.165, 1.54) is 34.0 Å². The maximum atomic E-state index is 13.0. The second-order valence-electron chi connectivity index (χ2n) is 8.26. The molecule has 1 fully saturated rings. The molecule has 27 heavy (non-hydrogen) atoms. The van der Waals surface area contributed by atoms with E-state index >= 15 is 0 Å². The number of imide groups is 1. The van der Waals surface area contributed by atoms with E-state index in [-0.39, 0.29) is 33.3 Å². The normalized spacial score (nSPS) is 32.9. The zero-order chi connectivity index (χ0) is 19.0. The van der Waals surface area contributed by atoms with Crippen molar-refractivity contribution in [1.82, 2.24) is 4.90 Å². The van der Waals surface area contributed by atoms with E-state index < -0.39 is 0 Å². The van der Waals surface area contributed by atoms with Crippen LogP contribution in [0.15, 0.2) is 48.5 Å². The molecular formula is C23H23NO2S. The second kappa shape index (κ2) is 5.48. The van der Waals surface area contributed by atoms with Crippen molar-refractivity contribution in [2.24, 2.45) is 0 Å². The molecular weight excluding hydrogens is 354 g/mol. The van der Waals surface area contributed by atoms with Gasteiger partial charge in [-0.25, -0.2) is 0 Å². The molecule has 0 N–H and O–H groups in total. The van der Waals surface area contributed by atoms with E-state index in [2.05, 4.69) is 62.4 Å². The topological polar surface area (TPSA) is 37.4 Å². The van der Waals surface area contributed by atoms with Gasteiger partial charge in [0.15, 0.2) is 0 Å². The lowest BCUT2D eigenvalue weighted by Gasteiger charge is -2.59. The molecule has 6 rings (SSSR count). The van der Waals surface area contributed by atoms with Crippen molar-refractivity contribution in [3.8, 4) is 0 Å². The predicted molar refractivity (Wildman–Crippen MR) is 108 cm³/mol. The van der Waals surface area contributed by atoms with E-state index in [0.717, 1.165) is 6.42 Å². The number of thioether (sulfide) groups is 1. The fourth-order valence-corrected chi connectivity index (χ4v) is 7.32. The third-order valence-corrected chi connectivity index (χ3v) is 8.36. The minimum absolute atomic E-state index is 0.0326. The molecule has 2 bridgehead atoms. The van der Waals surface area contributed by atoms with Gasteiger partial charge in [0.2, 0.25) is 5.91 Å². The first-order valence-electron chi connectivity index (χ1n) is 9.68. The highest BCUT2D eigenvalue weighted by molar-refractivity contribution is 8.14. The minimum atomic E-state index is -0.377. The SMILES string of the molecule is CCCC(=O)N1C(=O)S[C@@H]2[C@H]1C1(C)c3ccccc3C2(C)c2ccccc21. The van der Waals surface area contributed by atoms with Crippen molar-refractivity contribution in [2.75, 3.05) is 0 Å². The Bertz CT molecular complexity index is 934. The largest absolute Gasteiger partial charge is 0.288 e. The highest BCUT2D eigenvalue weighted by atomic mass is 32.2. The summed E-state index contributed by atoms with van der Waals surface area (Å²) in [4.78, 5) is 27.6. The molecule has 0 unspecified atom stereocenters. The average Bonchev–Trinajstić information content (AvgIpc) is 3.05. The number of carbonyl (C=O) groups excluding carboxylic acids is 2. The molecule has 0 radical (unpaired) electrons. The first-order valence-corrected chi connectivity index (χ1v) is 10.6. The van der Waals surface area contributed by atoms with E-state index in [9.17, 15) is 9.59 Å². The maximum absolute atomic E-state index is 13.0. The summed E-state index contributed by atoms with van der Waals surface area (Å²) in [6, 6.07) is 17.0. The van der Waals surface area contributed by atoms with E-state index in [1.807, 2.05) is 6.92 Å². The monoisotopic (exact) mass is 377 g/mol. The van der Waals surface area contributed by atoms with Gasteiger partial charge in [-0.05, 0) is 35.6 Å². The Hall–Kier alpha value is -2.07. The number of carbonyl (C=O) groups is 2. The summed E-state index contributed by atoms with van der Waals surface area (Å²) in [5.41, 5.74) is 4.47. The van der Waals surface area contributed by atoms with Crippen LogP contribution in [0.5, 0.6) is 0 Å². The zero-order valence-corrected chi connectivity index (χ0v) is 16.7. The Balaban J connectivity index is 1.83. The van der Waals surface area contributed by atoms with Gasteiger partial charge in [0.05, 0.1) is 6.04 Å². The average molecular weight is 378 g/mol. The highest BCUT2D eigenvalue weighted by Crippen LogP contribution is 2.65. The third kappa shape index (κ3) is 1.85. The van der Waals surface area contributed by atoms with Crippen LogP contribution in [0.2, 0.25) is 0 Å². The molecule has 2 amide bonds. The van der Waals surface area contributed by atoms with Gasteiger partial charge < -0.3 is 0 Å². The summed E-state index contributed by atoms with van der Waals surface area (Å²) in [5, 5.41) is -0.0397. The number of hydrogen-bond donors (Lipinski definition) is 0. The summed E-state index contributed by atoms with van der Waals surface area (Å²) >= 11 is 1.37. The number of nitrogens with zero attached hydrogens (tertiary/aromatic N) is 1. The van der Waals surface area contributed by atoms with Crippen LogP contribution in [0.25, 0.3) is 0 Å². The fourth-order valence-electron chi connectivity index (χ4n) is 5.76. The summed E-state index contributed by atoms with van der Waals surface area (Å²) < 4.78 is 0. The molecule has 3 nitrogen and oxygen atoms in total. The number of rotatable bonds is 2. The van der Waals surface area contributed by atoms with Crippen LogP contribution in [0.1, 0.15) is 55.9 Å². The standard InChI is InChI=1S/C23H23NO2S/c1-4-9-18(25)24-19-20(27-21(24)26)23(3)16-12-7-5-10-14(16)22(19,2)15-11-6-8-13-17(15)23/h5-8,10-13,19-20H,4,9H2,1-3H3/t19-,20+,22?,23?/m0/s1. The van der Waals surface area contributed by atoms with Crippen molar-refractivity contribution in [2.45, 2.75) is 55.7 Å². The van der Waals surface area contributed by atoms with Crippen molar-refractivity contribution in [3.63, 3.8) is 0 Å². The predicted octanol–water partition coefficient (Wildman–Crippen LogP) is 4.86. The molecule has 0 saturated carbocycles. The zero-order valence-electron chi connectivity index (χ0n) is 15.9. The molecule has 1 aliphatic heterocycles. The van der Waals surface area contributed by atoms with Gasteiger partial charge in [0.1, 0.15) is 0 Å². The smallest absolute Gasteiger partial charge is 0.274 e. The molecule has 4 aliphatic rings. The summed E-state index contributed by atoms with van der Waals surface area (Å²) in [7, 11) is 0. The van der Waals surface area contributed by atoms with Crippen LogP contribution in [0.4, 0.5) is 4.79 Å². The molecule has 1 saturated heterocycles. The number of benzene rings is 2. The van der Waals surface area contributed by atoms with E-state index in [1.54, 1.807) is 4.90 Å². The lowest BCUT2D eigenvalue weighted by atomic mass is 9.48. The van der Waals surface area contributed by atoms with Crippen LogP contribution in [0.3, 0.4) is 0 Å². The second-order valence-corrected chi connectivity index (χ2v) is 9.35. The Morgan fingerprint density at radius 2 is 1.44 bits per heavy atom.